The Balaban J connectivity index is 1.84. The molecule has 4 aromatic rings. The third-order valence-electron chi connectivity index (χ3n) is 5.59. The Morgan fingerprint density at radius 2 is 1.78 bits per heavy atom. The van der Waals surface area contributed by atoms with Crippen molar-refractivity contribution in [1.29, 1.82) is 0 Å². The molecule has 36 heavy (non-hydrogen) atoms. The van der Waals surface area contributed by atoms with Crippen LogP contribution in [0.5, 0.6) is 11.5 Å². The van der Waals surface area contributed by atoms with Crippen LogP contribution in [0, 0.1) is 0 Å². The third kappa shape index (κ3) is 5.07. The molecule has 0 aliphatic carbocycles. The molecule has 190 valence electrons. The van der Waals surface area contributed by atoms with Gasteiger partial charge in [0.2, 0.25) is 0 Å². The van der Waals surface area contributed by atoms with Gasteiger partial charge in [0, 0.05) is 25.1 Å². The van der Waals surface area contributed by atoms with Crippen LogP contribution in [-0.2, 0) is 20.3 Å². The number of benzene rings is 1. The predicted molar refractivity (Wildman–Crippen MR) is 137 cm³/mol. The summed E-state index contributed by atoms with van der Waals surface area (Å²) in [5.74, 6) is 1.05. The van der Waals surface area contributed by atoms with Gasteiger partial charge in [0.1, 0.15) is 38.4 Å². The van der Waals surface area contributed by atoms with E-state index in [4.69, 9.17) is 25.8 Å². The number of hydrogen-bond acceptors (Lipinski definition) is 10. The number of nitrogens with zero attached hydrogens (tertiary/aromatic N) is 5. The molecule has 0 fully saturated rings. The van der Waals surface area contributed by atoms with Crippen LogP contribution in [0.2, 0.25) is 4.34 Å². The first-order valence-electron chi connectivity index (χ1n) is 10.7. The van der Waals surface area contributed by atoms with E-state index in [9.17, 15) is 8.42 Å². The molecule has 0 N–H and O–H groups in total. The number of ether oxygens (including phenoxy) is 3. The maximum Gasteiger partial charge on any atom is 0.170 e. The van der Waals surface area contributed by atoms with Crippen molar-refractivity contribution < 1.29 is 22.6 Å². The average molecular weight is 550 g/mol. The average Bonchev–Trinajstić information content (AvgIpc) is 3.50. The minimum absolute atomic E-state index is 0.176. The molecular formula is C23H24ClN5O5S2. The molecule has 0 radical (unpaired) electrons. The summed E-state index contributed by atoms with van der Waals surface area (Å²) in [5.41, 5.74) is 1.11. The van der Waals surface area contributed by atoms with Gasteiger partial charge in [-0.3, -0.25) is 9.55 Å². The molecule has 4 rings (SSSR count). The van der Waals surface area contributed by atoms with E-state index in [1.165, 1.54) is 38.9 Å². The van der Waals surface area contributed by atoms with E-state index in [1.807, 2.05) is 6.07 Å². The summed E-state index contributed by atoms with van der Waals surface area (Å²) in [4.78, 5) is 8.37. The van der Waals surface area contributed by atoms with Crippen LogP contribution < -0.4 is 9.47 Å². The van der Waals surface area contributed by atoms with Crippen molar-refractivity contribution in [2.45, 2.75) is 24.0 Å². The van der Waals surface area contributed by atoms with Crippen molar-refractivity contribution in [2.24, 2.45) is 0 Å². The number of thiazole rings is 1. The smallest absolute Gasteiger partial charge is 0.170 e. The van der Waals surface area contributed by atoms with Crippen molar-refractivity contribution in [3.05, 3.63) is 64.1 Å². The minimum Gasteiger partial charge on any atom is -0.494 e. The number of pyridine rings is 1. The number of aromatic nitrogens is 5. The lowest BCUT2D eigenvalue weighted by molar-refractivity contribution is 0.102. The maximum atomic E-state index is 13.6. The van der Waals surface area contributed by atoms with E-state index in [1.54, 1.807) is 48.1 Å². The fourth-order valence-corrected chi connectivity index (χ4v) is 6.40. The summed E-state index contributed by atoms with van der Waals surface area (Å²) >= 11 is 7.19. The van der Waals surface area contributed by atoms with Crippen LogP contribution >= 0.6 is 22.9 Å². The second-order valence-electron chi connectivity index (χ2n) is 7.70. The molecule has 0 saturated carbocycles. The summed E-state index contributed by atoms with van der Waals surface area (Å²) in [6.45, 7) is 1.57. The number of methoxy groups -OCH3 is 3. The zero-order valence-electron chi connectivity index (χ0n) is 20.0. The van der Waals surface area contributed by atoms with Crippen LogP contribution in [0.25, 0.3) is 17.1 Å². The molecule has 13 heteroatoms. The van der Waals surface area contributed by atoms with Gasteiger partial charge in [0.25, 0.3) is 0 Å². The summed E-state index contributed by atoms with van der Waals surface area (Å²) in [7, 11) is 0.657. The lowest BCUT2D eigenvalue weighted by Gasteiger charge is -2.21. The van der Waals surface area contributed by atoms with E-state index in [-0.39, 0.29) is 5.82 Å². The van der Waals surface area contributed by atoms with Gasteiger partial charge in [0.05, 0.1) is 25.7 Å². The monoisotopic (exact) mass is 549 g/mol. The van der Waals surface area contributed by atoms with E-state index in [2.05, 4.69) is 20.2 Å². The Labute approximate surface area is 217 Å². The van der Waals surface area contributed by atoms with E-state index >= 15 is 0 Å². The number of halogens is 1. The molecular weight excluding hydrogens is 526 g/mol. The minimum atomic E-state index is -3.82. The molecule has 0 saturated heterocycles. The number of hydrogen-bond donors (Lipinski definition) is 0. The van der Waals surface area contributed by atoms with Crippen LogP contribution in [0.3, 0.4) is 0 Å². The molecule has 1 aromatic carbocycles. The lowest BCUT2D eigenvalue weighted by atomic mass is 10.2. The van der Waals surface area contributed by atoms with Crippen molar-refractivity contribution >= 4 is 32.8 Å². The second kappa shape index (κ2) is 10.9. The summed E-state index contributed by atoms with van der Waals surface area (Å²) in [6, 6.07) is 8.84. The first kappa shape index (κ1) is 26.0. The summed E-state index contributed by atoms with van der Waals surface area (Å²) in [5, 5.41) is 8.12. The quantitative estimate of drug-likeness (QED) is 0.287. The molecule has 0 aliphatic rings. The van der Waals surface area contributed by atoms with Crippen LogP contribution in [0.4, 0.5) is 0 Å². The maximum absolute atomic E-state index is 13.6. The van der Waals surface area contributed by atoms with Gasteiger partial charge in [-0.2, -0.15) is 0 Å². The molecule has 0 unspecified atom stereocenters. The van der Waals surface area contributed by atoms with Crippen LogP contribution in [0.1, 0.15) is 23.9 Å². The Bertz CT molecular complexity index is 1420. The van der Waals surface area contributed by atoms with Gasteiger partial charge in [-0.25, -0.2) is 13.4 Å². The van der Waals surface area contributed by atoms with Crippen molar-refractivity contribution in [1.82, 2.24) is 24.7 Å². The fraction of sp³-hybridized carbons (Fsp3) is 0.304. The summed E-state index contributed by atoms with van der Waals surface area (Å²) in [6.07, 6.45) is 3.92. The zero-order chi connectivity index (χ0) is 25.9. The van der Waals surface area contributed by atoms with Crippen LogP contribution in [-0.4, -0.2) is 59.7 Å². The van der Waals surface area contributed by atoms with Gasteiger partial charge in [-0.1, -0.05) is 17.7 Å². The molecule has 3 aromatic heterocycles. The number of para-hydroxylation sites is 1. The Hall–Kier alpha value is -3.06. The molecule has 0 amide bonds. The summed E-state index contributed by atoms with van der Waals surface area (Å²) < 4.78 is 46.0. The second-order valence-corrected chi connectivity index (χ2v) is 11.8. The largest absolute Gasteiger partial charge is 0.494 e. The zero-order valence-corrected chi connectivity index (χ0v) is 22.3. The van der Waals surface area contributed by atoms with Gasteiger partial charge in [-0.15, -0.1) is 21.5 Å². The number of sulfone groups is 1. The predicted octanol–water partition coefficient (Wildman–Crippen LogP) is 4.15. The molecule has 10 nitrogen and oxygen atoms in total. The van der Waals surface area contributed by atoms with Crippen molar-refractivity contribution in [2.75, 3.05) is 21.3 Å². The van der Waals surface area contributed by atoms with E-state index in [0.717, 1.165) is 0 Å². The molecule has 2 atom stereocenters. The Kier molecular flexibility index (Phi) is 7.88. The normalized spacial score (nSPS) is 13.4. The third-order valence-corrected chi connectivity index (χ3v) is 8.81. The fourth-order valence-electron chi connectivity index (χ4n) is 3.77. The Morgan fingerprint density at radius 1 is 1.06 bits per heavy atom. The number of rotatable bonds is 10. The topological polar surface area (TPSA) is 118 Å². The lowest BCUT2D eigenvalue weighted by Crippen LogP contribution is -2.29. The SMILES string of the molecule is COc1cccc(OC)c1-n1c(CS(=O)(=O)[C@H](C)[C@@H](OC)c2ncc(Cl)s2)nnc1-c1cccnc1. The van der Waals surface area contributed by atoms with E-state index < -0.39 is 26.9 Å². The van der Waals surface area contributed by atoms with Gasteiger partial charge < -0.3 is 14.2 Å². The standard InChI is InChI=1S/C23H24ClN5O5S2/c1-14(21(34-4)23-26-12-18(24)35-23)36(30,31)13-19-27-28-22(15-7-6-10-25-11-15)29(19)20-16(32-2)8-5-9-17(20)33-3/h5-12,14,21H,13H2,1-4H3/t14-,21-/m1/s1. The molecule has 0 bridgehead atoms. The first-order chi connectivity index (χ1) is 17.3. The highest BCUT2D eigenvalue weighted by Gasteiger charge is 2.35. The molecule has 0 aliphatic heterocycles. The van der Waals surface area contributed by atoms with Crippen molar-refractivity contribution in [3.8, 4) is 28.6 Å². The molecule has 3 heterocycles. The molecule has 0 spiro atoms. The first-order valence-corrected chi connectivity index (χ1v) is 13.6. The highest BCUT2D eigenvalue weighted by atomic mass is 35.5. The van der Waals surface area contributed by atoms with Gasteiger partial charge in [-0.05, 0) is 31.2 Å². The Morgan fingerprint density at radius 3 is 2.33 bits per heavy atom. The van der Waals surface area contributed by atoms with Crippen molar-refractivity contribution in [3.63, 3.8) is 0 Å². The highest BCUT2D eigenvalue weighted by molar-refractivity contribution is 7.91. The van der Waals surface area contributed by atoms with E-state index in [0.29, 0.717) is 37.9 Å². The highest BCUT2D eigenvalue weighted by Crippen LogP contribution is 2.37. The van der Waals surface area contributed by atoms with Crippen LogP contribution in [0.15, 0.2) is 48.9 Å². The van der Waals surface area contributed by atoms with Gasteiger partial charge in [0.15, 0.2) is 21.5 Å². The van der Waals surface area contributed by atoms with Gasteiger partial charge >= 0.3 is 0 Å².